The Morgan fingerprint density at radius 3 is 2.04 bits per heavy atom. The summed E-state index contributed by atoms with van der Waals surface area (Å²) in [7, 11) is 0. The molecule has 0 N–H and O–H groups in total. The number of fused-ring (bicyclic) bond motifs is 6. The monoisotopic (exact) mass is 623 g/mol. The van der Waals surface area contributed by atoms with Crippen LogP contribution >= 0.6 is 0 Å². The molecule has 0 radical (unpaired) electrons. The van der Waals surface area contributed by atoms with Gasteiger partial charge in [0.25, 0.3) is 0 Å². The molecule has 0 atom stereocenters. The second-order valence-corrected chi connectivity index (χ2v) is 15.1. The van der Waals surface area contributed by atoms with E-state index >= 15 is 0 Å². The van der Waals surface area contributed by atoms with Gasteiger partial charge in [-0.1, -0.05) is 121 Å². The van der Waals surface area contributed by atoms with Crippen molar-refractivity contribution in [2.75, 3.05) is 18.0 Å². The van der Waals surface area contributed by atoms with Crippen molar-refractivity contribution in [1.29, 1.82) is 0 Å². The average Bonchev–Trinajstić information content (AvgIpc) is 3.42. The highest BCUT2D eigenvalue weighted by Gasteiger charge is 2.45. The van der Waals surface area contributed by atoms with Crippen LogP contribution in [0.5, 0.6) is 0 Å². The van der Waals surface area contributed by atoms with Gasteiger partial charge in [0.15, 0.2) is 5.71 Å². The van der Waals surface area contributed by atoms with Gasteiger partial charge in [0, 0.05) is 47.5 Å². The summed E-state index contributed by atoms with van der Waals surface area (Å²) in [6.45, 7) is 21.0. The van der Waals surface area contributed by atoms with Gasteiger partial charge in [-0.3, -0.25) is 0 Å². The molecule has 0 aliphatic carbocycles. The number of rotatable bonds is 11. The lowest BCUT2D eigenvalue weighted by molar-refractivity contribution is -0.438. The fourth-order valence-electron chi connectivity index (χ4n) is 8.18. The molecule has 2 heterocycles. The van der Waals surface area contributed by atoms with Crippen molar-refractivity contribution in [3.8, 4) is 0 Å². The molecule has 47 heavy (non-hydrogen) atoms. The third kappa shape index (κ3) is 5.90. The first-order valence-electron chi connectivity index (χ1n) is 18.2. The molecule has 0 saturated carbocycles. The smallest absolute Gasteiger partial charge is 0.210 e. The average molecular weight is 624 g/mol. The van der Waals surface area contributed by atoms with Crippen LogP contribution in [0.15, 0.2) is 108 Å². The predicted octanol–water partition coefficient (Wildman–Crippen LogP) is 12.2. The third-order valence-electron chi connectivity index (χ3n) is 10.8. The number of benzene rings is 4. The zero-order valence-electron chi connectivity index (χ0n) is 30.2. The van der Waals surface area contributed by atoms with E-state index in [2.05, 4.69) is 162 Å². The molecule has 0 fully saturated rings. The largest absolute Gasteiger partial charge is 0.344 e. The fraction of sp³-hybridized carbons (Fsp3) is 0.400. The van der Waals surface area contributed by atoms with Gasteiger partial charge in [0.2, 0.25) is 5.69 Å². The minimum atomic E-state index is -0.0907. The van der Waals surface area contributed by atoms with Crippen LogP contribution in [-0.2, 0) is 10.8 Å². The molecule has 0 saturated heterocycles. The Morgan fingerprint density at radius 1 is 0.745 bits per heavy atom. The highest BCUT2D eigenvalue weighted by molar-refractivity contribution is 6.07. The van der Waals surface area contributed by atoms with E-state index in [-0.39, 0.29) is 10.8 Å². The van der Waals surface area contributed by atoms with Gasteiger partial charge in [-0.25, -0.2) is 0 Å². The molecule has 4 aromatic carbocycles. The molecule has 0 amide bonds. The molecule has 6 rings (SSSR count). The molecule has 244 valence electrons. The van der Waals surface area contributed by atoms with Gasteiger partial charge in [0.05, 0.1) is 5.41 Å². The first-order valence-corrected chi connectivity index (χ1v) is 18.2. The van der Waals surface area contributed by atoms with Crippen LogP contribution in [0.4, 0.5) is 11.4 Å². The van der Waals surface area contributed by atoms with Crippen molar-refractivity contribution >= 4 is 38.6 Å². The lowest BCUT2D eigenvalue weighted by Crippen LogP contribution is -2.28. The molecule has 2 aliphatic rings. The fourth-order valence-corrected chi connectivity index (χ4v) is 8.18. The van der Waals surface area contributed by atoms with Gasteiger partial charge in [0.1, 0.15) is 6.54 Å². The highest BCUT2D eigenvalue weighted by Crippen LogP contribution is 2.51. The van der Waals surface area contributed by atoms with Crippen LogP contribution in [-0.4, -0.2) is 23.4 Å². The topological polar surface area (TPSA) is 6.25 Å². The Morgan fingerprint density at radius 2 is 1.38 bits per heavy atom. The molecule has 2 nitrogen and oxygen atoms in total. The van der Waals surface area contributed by atoms with Crippen molar-refractivity contribution < 1.29 is 4.58 Å². The maximum atomic E-state index is 2.62. The van der Waals surface area contributed by atoms with Crippen molar-refractivity contribution in [1.82, 2.24) is 0 Å². The SMILES string of the molecule is CCCCC[N+]1=C(/C=C/C(=C/C=C2/N(CCCC)c3ccc4ccccc4c3C2(C)C)C(C)C)C(C)(C)c2c1ccc1ccccc21. The Bertz CT molecular complexity index is 1910. The standard InChI is InChI=1S/C45H55N2/c1-9-11-17-31-47-39-27-23-35-19-14-16-21-37(35)43(39)45(7,8)41(47)29-25-33(32(3)4)24-28-40-44(5,6)42-36-20-15-13-18-34(36)22-26-38(42)46(40)30-12-10-2/h13-16,18-29,32H,9-12,17,30-31H2,1-8H3/q+1. The second-order valence-electron chi connectivity index (χ2n) is 15.1. The molecule has 0 spiro atoms. The first kappa shape index (κ1) is 33.0. The van der Waals surface area contributed by atoms with E-state index in [4.69, 9.17) is 0 Å². The van der Waals surface area contributed by atoms with Crippen LogP contribution in [0.1, 0.15) is 98.6 Å². The molecule has 4 aromatic rings. The lowest BCUT2D eigenvalue weighted by Gasteiger charge is -2.27. The summed E-state index contributed by atoms with van der Waals surface area (Å²) in [4.78, 5) is 2.61. The zero-order valence-corrected chi connectivity index (χ0v) is 30.2. The van der Waals surface area contributed by atoms with Crippen LogP contribution in [0.2, 0.25) is 0 Å². The number of hydrogen-bond acceptors (Lipinski definition) is 1. The van der Waals surface area contributed by atoms with E-state index in [0.29, 0.717) is 5.92 Å². The minimum absolute atomic E-state index is 0.0901. The molecule has 2 heteroatoms. The van der Waals surface area contributed by atoms with E-state index in [9.17, 15) is 0 Å². The Labute approximate surface area is 284 Å². The van der Waals surface area contributed by atoms with Crippen molar-refractivity contribution in [3.05, 3.63) is 119 Å². The highest BCUT2D eigenvalue weighted by atomic mass is 15.2. The van der Waals surface area contributed by atoms with Crippen LogP contribution in [0.3, 0.4) is 0 Å². The maximum Gasteiger partial charge on any atom is 0.210 e. The summed E-state index contributed by atoms with van der Waals surface area (Å²) >= 11 is 0. The van der Waals surface area contributed by atoms with E-state index < -0.39 is 0 Å². The van der Waals surface area contributed by atoms with Gasteiger partial charge in [-0.05, 0) is 83.5 Å². The summed E-state index contributed by atoms with van der Waals surface area (Å²) in [6.07, 6.45) is 15.8. The van der Waals surface area contributed by atoms with Crippen molar-refractivity contribution in [3.63, 3.8) is 0 Å². The van der Waals surface area contributed by atoms with E-state index in [1.54, 1.807) is 0 Å². The molecule has 0 unspecified atom stereocenters. The Hall–Kier alpha value is -3.91. The van der Waals surface area contributed by atoms with Crippen LogP contribution < -0.4 is 4.90 Å². The molecule has 0 bridgehead atoms. The number of nitrogens with zero attached hydrogens (tertiary/aromatic N) is 2. The number of unbranched alkanes of at least 4 members (excludes halogenated alkanes) is 3. The summed E-state index contributed by atoms with van der Waals surface area (Å²) in [6, 6.07) is 27.2. The quantitative estimate of drug-likeness (QED) is 0.0915. The molecule has 0 aromatic heterocycles. The normalized spacial score (nSPS) is 18.0. The van der Waals surface area contributed by atoms with E-state index in [1.165, 1.54) is 93.1 Å². The summed E-state index contributed by atoms with van der Waals surface area (Å²) in [5.41, 5.74) is 9.67. The van der Waals surface area contributed by atoms with Crippen LogP contribution in [0.25, 0.3) is 21.5 Å². The maximum absolute atomic E-state index is 2.62. The van der Waals surface area contributed by atoms with Crippen molar-refractivity contribution in [2.45, 2.75) is 98.3 Å². The zero-order chi connectivity index (χ0) is 33.3. The van der Waals surface area contributed by atoms with E-state index in [1.807, 2.05) is 0 Å². The Balaban J connectivity index is 1.43. The van der Waals surface area contributed by atoms with Gasteiger partial charge in [-0.15, -0.1) is 0 Å². The summed E-state index contributed by atoms with van der Waals surface area (Å²) in [5, 5.41) is 5.41. The molecule has 2 aliphatic heterocycles. The predicted molar refractivity (Wildman–Crippen MR) is 206 cm³/mol. The van der Waals surface area contributed by atoms with Gasteiger partial charge >= 0.3 is 0 Å². The third-order valence-corrected chi connectivity index (χ3v) is 10.8. The van der Waals surface area contributed by atoms with Gasteiger partial charge < -0.3 is 4.90 Å². The Kier molecular flexibility index (Phi) is 9.34. The van der Waals surface area contributed by atoms with Gasteiger partial charge in [-0.2, -0.15) is 4.58 Å². The molecular weight excluding hydrogens is 569 g/mol. The first-order chi connectivity index (χ1) is 22.6. The van der Waals surface area contributed by atoms with Crippen molar-refractivity contribution in [2.24, 2.45) is 5.92 Å². The van der Waals surface area contributed by atoms with E-state index in [0.717, 1.165) is 13.1 Å². The molecular formula is C45H55N2+. The second kappa shape index (κ2) is 13.3. The summed E-state index contributed by atoms with van der Waals surface area (Å²) in [5.74, 6) is 0.404. The number of anilines is 1. The number of allylic oxidation sites excluding steroid dienone is 6. The lowest BCUT2D eigenvalue weighted by atomic mass is 9.78. The minimum Gasteiger partial charge on any atom is -0.344 e. The summed E-state index contributed by atoms with van der Waals surface area (Å²) < 4.78 is 2.62. The number of hydrogen-bond donors (Lipinski definition) is 0. The van der Waals surface area contributed by atoms with Crippen LogP contribution in [0, 0.1) is 5.92 Å².